The third-order valence-electron chi connectivity index (χ3n) is 0.986. The second kappa shape index (κ2) is 9.03. The Hall–Kier alpha value is -0.0610. The van der Waals surface area contributed by atoms with E-state index in [1.165, 1.54) is 0 Å². The van der Waals surface area contributed by atoms with Crippen molar-refractivity contribution in [3.63, 3.8) is 0 Å². The van der Waals surface area contributed by atoms with Gasteiger partial charge in [-0.05, 0) is 6.42 Å². The zero-order valence-corrected chi connectivity index (χ0v) is 10.5. The van der Waals surface area contributed by atoms with Crippen LogP contribution in [0.3, 0.4) is 0 Å². The molecule has 0 spiro atoms. The molecule has 0 aromatic heterocycles. The molecule has 0 aliphatic carbocycles. The molecule has 0 aliphatic heterocycles. The predicted octanol–water partition coefficient (Wildman–Crippen LogP) is -2.57. The summed E-state index contributed by atoms with van der Waals surface area (Å²) in [5.74, 6) is -2.20. The number of hydrogen-bond donors (Lipinski definition) is 3. The van der Waals surface area contributed by atoms with E-state index in [9.17, 15) is 9.59 Å². The topological polar surface area (TPSA) is 101 Å². The van der Waals surface area contributed by atoms with E-state index in [1.807, 2.05) is 0 Å². The Balaban J connectivity index is -0.000000405. The molecule has 0 rings (SSSR count). The van der Waals surface area contributed by atoms with Crippen LogP contribution in [-0.4, -0.2) is 62.3 Å². The number of carboxylic acids is 2. The van der Waals surface area contributed by atoms with Crippen LogP contribution in [0.4, 0.5) is 0 Å². The molecule has 7 heteroatoms. The van der Waals surface area contributed by atoms with Crippen molar-refractivity contribution < 1.29 is 19.8 Å². The summed E-state index contributed by atoms with van der Waals surface area (Å²) in [7, 11) is 0. The molecule has 5 nitrogen and oxygen atoms in total. The number of nitrogens with two attached hydrogens (primary N) is 1. The van der Waals surface area contributed by atoms with Crippen LogP contribution in [0.5, 0.6) is 0 Å². The molecule has 0 bridgehead atoms. The van der Waals surface area contributed by atoms with Crippen molar-refractivity contribution in [1.82, 2.24) is 0 Å². The first-order valence-electron chi connectivity index (χ1n) is 2.74. The van der Waals surface area contributed by atoms with E-state index in [1.54, 1.807) is 0 Å². The van der Waals surface area contributed by atoms with E-state index in [0.717, 1.165) is 0 Å². The summed E-state index contributed by atoms with van der Waals surface area (Å²) in [6, 6.07) is -1.06. The quantitative estimate of drug-likeness (QED) is 0.496. The van der Waals surface area contributed by atoms with Crippen molar-refractivity contribution in [1.29, 1.82) is 0 Å². The fourth-order valence-corrected chi connectivity index (χ4v) is 0.402. The van der Waals surface area contributed by atoms with Crippen LogP contribution in [0.15, 0.2) is 0 Å². The summed E-state index contributed by atoms with van der Waals surface area (Å²) in [6.07, 6.45) is -0.224. The number of carbonyl (C=O) groups is 2. The van der Waals surface area contributed by atoms with E-state index >= 15 is 0 Å². The summed E-state index contributed by atoms with van der Waals surface area (Å²) in [4.78, 5) is 19.9. The first kappa shape index (κ1) is 17.9. The molecule has 0 saturated heterocycles. The van der Waals surface area contributed by atoms with Crippen LogP contribution in [-0.2, 0) is 9.59 Å². The number of carboxylic acid groups (broad SMARTS) is 2. The van der Waals surface area contributed by atoms with Crippen LogP contribution in [0.25, 0.3) is 0 Å². The van der Waals surface area contributed by atoms with Gasteiger partial charge in [0.05, 0.1) is 0 Å². The van der Waals surface area contributed by atoms with Crippen molar-refractivity contribution in [2.45, 2.75) is 18.9 Å². The minimum absolute atomic E-state index is 0. The molecule has 4 N–H and O–H groups in total. The van der Waals surface area contributed by atoms with Gasteiger partial charge in [-0.3, -0.25) is 9.59 Å². The molecule has 12 heavy (non-hydrogen) atoms. The van der Waals surface area contributed by atoms with Crippen LogP contribution in [0, 0.1) is 0 Å². The molecule has 74 valence electrons. The van der Waals surface area contributed by atoms with Crippen molar-refractivity contribution in [2.24, 2.45) is 5.73 Å². The molecular formula is C5H13NO4Se2. The average molecular weight is 309 g/mol. The van der Waals surface area contributed by atoms with Gasteiger partial charge in [-0.2, -0.15) is 0 Å². The standard InChI is InChI=1S/C5H9NO4.2H2Se/c6-3(5(9)10)1-2-4(7)8;;/h3H,1-2,6H2,(H,7,8)(H,9,10);2*1H2/t3-;;/m0../s1. The Labute approximate surface area is 90.6 Å². The molecule has 0 amide bonds. The summed E-state index contributed by atoms with van der Waals surface area (Å²) in [6.45, 7) is 0. The zero-order valence-electron chi connectivity index (χ0n) is 6.28. The second-order valence-electron chi connectivity index (χ2n) is 1.88. The van der Waals surface area contributed by atoms with Gasteiger partial charge in [0, 0.05) is 6.42 Å². The number of aliphatic carboxylic acids is 2. The molecule has 0 saturated carbocycles. The van der Waals surface area contributed by atoms with Gasteiger partial charge in [0.15, 0.2) is 0 Å². The Kier molecular flexibility index (Phi) is 13.5. The van der Waals surface area contributed by atoms with Gasteiger partial charge in [0.1, 0.15) is 6.04 Å². The fraction of sp³-hybridized carbons (Fsp3) is 0.600. The third kappa shape index (κ3) is 9.94. The maximum atomic E-state index is 9.99. The molecule has 0 aromatic rings. The fourth-order valence-electron chi connectivity index (χ4n) is 0.402. The summed E-state index contributed by atoms with van der Waals surface area (Å²) in [5.41, 5.74) is 5.00. The van der Waals surface area contributed by atoms with Crippen molar-refractivity contribution >= 4 is 46.1 Å². The zero-order chi connectivity index (χ0) is 8.15. The third-order valence-corrected chi connectivity index (χ3v) is 0.986. The van der Waals surface area contributed by atoms with Gasteiger partial charge >= 0.3 is 46.1 Å². The molecule has 0 radical (unpaired) electrons. The Bertz CT molecular complexity index is 152. The van der Waals surface area contributed by atoms with Crippen LogP contribution in [0.1, 0.15) is 12.8 Å². The molecule has 0 aromatic carbocycles. The van der Waals surface area contributed by atoms with Gasteiger partial charge in [-0.15, -0.1) is 0 Å². The van der Waals surface area contributed by atoms with E-state index in [-0.39, 0.29) is 47.0 Å². The Morgan fingerprint density at radius 3 is 1.92 bits per heavy atom. The van der Waals surface area contributed by atoms with Crippen molar-refractivity contribution in [3.8, 4) is 0 Å². The predicted molar refractivity (Wildman–Crippen MR) is 49.6 cm³/mol. The maximum absolute atomic E-state index is 9.99. The molecular weight excluding hydrogens is 296 g/mol. The SMILES string of the molecule is N[C@@H](CCC(=O)O)C(=O)O.[SeH2].[SeH2]. The van der Waals surface area contributed by atoms with E-state index < -0.39 is 18.0 Å². The Morgan fingerprint density at radius 2 is 1.67 bits per heavy atom. The van der Waals surface area contributed by atoms with Gasteiger partial charge in [-0.25, -0.2) is 0 Å². The van der Waals surface area contributed by atoms with Gasteiger partial charge in [0.25, 0.3) is 0 Å². The summed E-state index contributed by atoms with van der Waals surface area (Å²) < 4.78 is 0. The van der Waals surface area contributed by atoms with Crippen LogP contribution in [0.2, 0.25) is 0 Å². The molecule has 0 unspecified atom stereocenters. The monoisotopic (exact) mass is 311 g/mol. The van der Waals surface area contributed by atoms with Gasteiger partial charge in [0.2, 0.25) is 0 Å². The number of hydrogen-bond acceptors (Lipinski definition) is 3. The molecule has 1 atom stereocenters. The van der Waals surface area contributed by atoms with Crippen molar-refractivity contribution in [2.75, 3.05) is 0 Å². The molecule has 0 heterocycles. The number of rotatable bonds is 4. The normalized spacial score (nSPS) is 10.4. The van der Waals surface area contributed by atoms with Crippen LogP contribution >= 0.6 is 0 Å². The minimum atomic E-state index is -1.17. The summed E-state index contributed by atoms with van der Waals surface area (Å²) in [5, 5.41) is 16.3. The van der Waals surface area contributed by atoms with Gasteiger partial charge < -0.3 is 15.9 Å². The Morgan fingerprint density at radius 1 is 1.25 bits per heavy atom. The van der Waals surface area contributed by atoms with E-state index in [0.29, 0.717) is 0 Å². The van der Waals surface area contributed by atoms with Gasteiger partial charge in [-0.1, -0.05) is 0 Å². The van der Waals surface area contributed by atoms with Crippen LogP contribution < -0.4 is 5.73 Å². The molecule has 0 aliphatic rings. The average Bonchev–Trinajstić information content (AvgIpc) is 1.82. The van der Waals surface area contributed by atoms with E-state index in [4.69, 9.17) is 15.9 Å². The second-order valence-corrected chi connectivity index (χ2v) is 1.88. The summed E-state index contributed by atoms with van der Waals surface area (Å²) >= 11 is 0. The first-order valence-corrected chi connectivity index (χ1v) is 2.74. The molecule has 0 fully saturated rings. The van der Waals surface area contributed by atoms with Crippen molar-refractivity contribution in [3.05, 3.63) is 0 Å². The first-order chi connectivity index (χ1) is 4.54. The van der Waals surface area contributed by atoms with E-state index in [2.05, 4.69) is 0 Å².